The monoisotopic (exact) mass is 292 g/mol. The van der Waals surface area contributed by atoms with Crippen molar-refractivity contribution >= 4 is 22.4 Å². The summed E-state index contributed by atoms with van der Waals surface area (Å²) in [7, 11) is 0. The molecule has 0 saturated carbocycles. The molecule has 0 spiro atoms. The van der Waals surface area contributed by atoms with Gasteiger partial charge in [0.05, 0.1) is 6.26 Å². The van der Waals surface area contributed by atoms with Crippen LogP contribution in [0.25, 0.3) is 0 Å². The van der Waals surface area contributed by atoms with Crippen molar-refractivity contribution in [1.82, 2.24) is 15.1 Å². The van der Waals surface area contributed by atoms with Gasteiger partial charge in [-0.25, -0.2) is 0 Å². The summed E-state index contributed by atoms with van der Waals surface area (Å²) in [4.78, 5) is 16.3. The topological polar surface area (TPSA) is 62.5 Å². The van der Waals surface area contributed by atoms with Crippen LogP contribution in [0.2, 0.25) is 0 Å². The summed E-state index contributed by atoms with van der Waals surface area (Å²) in [6, 6.07) is 1.81. The van der Waals surface area contributed by atoms with E-state index >= 15 is 0 Å². The van der Waals surface area contributed by atoms with Gasteiger partial charge in [0.1, 0.15) is 5.01 Å². The molecule has 0 radical (unpaired) electrons. The Morgan fingerprint density at radius 3 is 2.55 bits per heavy atom. The van der Waals surface area contributed by atoms with Crippen LogP contribution >= 0.6 is 11.3 Å². The number of hydrogen-bond acceptors (Lipinski definition) is 6. The Morgan fingerprint density at radius 1 is 1.25 bits per heavy atom. The highest BCUT2D eigenvalue weighted by Crippen LogP contribution is 2.21. The molecule has 0 atom stereocenters. The summed E-state index contributed by atoms with van der Waals surface area (Å²) in [6.45, 7) is 6.74. The maximum atomic E-state index is 12.3. The molecule has 0 aliphatic carbocycles. The molecular weight excluding hydrogens is 276 g/mol. The lowest BCUT2D eigenvalue weighted by Gasteiger charge is -2.33. The molecule has 6 nitrogen and oxygen atoms in total. The fraction of sp³-hybridized carbons (Fsp3) is 0.462. The van der Waals surface area contributed by atoms with E-state index in [2.05, 4.69) is 15.1 Å². The summed E-state index contributed by atoms with van der Waals surface area (Å²) in [5, 5.41) is 10.1. The molecule has 20 heavy (non-hydrogen) atoms. The van der Waals surface area contributed by atoms with Crippen molar-refractivity contribution in [3.8, 4) is 0 Å². The largest absolute Gasteiger partial charge is 0.459 e. The van der Waals surface area contributed by atoms with Crippen molar-refractivity contribution in [3.05, 3.63) is 28.7 Å². The maximum Gasteiger partial charge on any atom is 0.289 e. The first-order valence-corrected chi connectivity index (χ1v) is 7.35. The number of aromatic nitrogens is 2. The van der Waals surface area contributed by atoms with Gasteiger partial charge in [0.25, 0.3) is 5.91 Å². The number of nitrogens with zero attached hydrogens (tertiary/aromatic N) is 4. The van der Waals surface area contributed by atoms with Crippen LogP contribution in [0, 0.1) is 13.8 Å². The van der Waals surface area contributed by atoms with Gasteiger partial charge in [-0.15, -0.1) is 10.2 Å². The second kappa shape index (κ2) is 5.24. The average molecular weight is 292 g/mol. The van der Waals surface area contributed by atoms with Crippen LogP contribution in [0.1, 0.15) is 21.1 Å². The van der Waals surface area contributed by atoms with E-state index in [1.807, 2.05) is 24.8 Å². The fourth-order valence-electron chi connectivity index (χ4n) is 2.25. The van der Waals surface area contributed by atoms with Crippen molar-refractivity contribution in [2.75, 3.05) is 31.1 Å². The average Bonchev–Trinajstić information content (AvgIpc) is 3.07. The molecule has 3 heterocycles. The molecule has 3 rings (SSSR count). The first-order chi connectivity index (χ1) is 9.65. The van der Waals surface area contributed by atoms with E-state index in [9.17, 15) is 4.79 Å². The van der Waals surface area contributed by atoms with Gasteiger partial charge in [-0.2, -0.15) is 0 Å². The molecule has 1 fully saturated rings. The lowest BCUT2D eigenvalue weighted by molar-refractivity contribution is 0.0713. The van der Waals surface area contributed by atoms with Gasteiger partial charge in [0.2, 0.25) is 5.13 Å². The Kier molecular flexibility index (Phi) is 3.43. The fourth-order valence-corrected chi connectivity index (χ4v) is 2.99. The Labute approximate surface area is 121 Å². The lowest BCUT2D eigenvalue weighted by Crippen LogP contribution is -2.48. The third kappa shape index (κ3) is 2.40. The zero-order valence-electron chi connectivity index (χ0n) is 11.5. The number of aryl methyl sites for hydroxylation is 2. The van der Waals surface area contributed by atoms with E-state index in [0.717, 1.165) is 28.8 Å². The van der Waals surface area contributed by atoms with Crippen LogP contribution in [-0.4, -0.2) is 47.2 Å². The van der Waals surface area contributed by atoms with Crippen LogP contribution < -0.4 is 4.90 Å². The third-order valence-electron chi connectivity index (χ3n) is 3.41. The molecule has 2 aromatic rings. The summed E-state index contributed by atoms with van der Waals surface area (Å²) >= 11 is 1.59. The van der Waals surface area contributed by atoms with E-state index < -0.39 is 0 Å². The molecular formula is C13H16N4O2S. The number of hydrogen-bond donors (Lipinski definition) is 0. The standard InChI is InChI=1S/C13H16N4O2S/c1-9-3-8-19-11(9)12(18)16-4-6-17(7-5-16)13-15-14-10(2)20-13/h3,8H,4-7H2,1-2H3. The highest BCUT2D eigenvalue weighted by Gasteiger charge is 2.26. The molecule has 0 aromatic carbocycles. The predicted molar refractivity (Wildman–Crippen MR) is 76.2 cm³/mol. The van der Waals surface area contributed by atoms with E-state index in [4.69, 9.17) is 4.42 Å². The van der Waals surface area contributed by atoms with E-state index in [-0.39, 0.29) is 5.91 Å². The molecule has 0 unspecified atom stereocenters. The summed E-state index contributed by atoms with van der Waals surface area (Å²) < 4.78 is 5.27. The van der Waals surface area contributed by atoms with Gasteiger partial charge < -0.3 is 14.2 Å². The van der Waals surface area contributed by atoms with Gasteiger partial charge in [-0.05, 0) is 19.9 Å². The third-order valence-corrected chi connectivity index (χ3v) is 4.31. The number of carbonyl (C=O) groups excluding carboxylic acids is 1. The molecule has 1 aliphatic rings. The number of piperazine rings is 1. The number of furan rings is 1. The summed E-state index contributed by atoms with van der Waals surface area (Å²) in [5.41, 5.74) is 0.886. The minimum absolute atomic E-state index is 0.0272. The van der Waals surface area contributed by atoms with Crippen molar-refractivity contribution in [2.24, 2.45) is 0 Å². The lowest BCUT2D eigenvalue weighted by atomic mass is 10.2. The van der Waals surface area contributed by atoms with Crippen molar-refractivity contribution in [3.63, 3.8) is 0 Å². The van der Waals surface area contributed by atoms with Crippen molar-refractivity contribution in [2.45, 2.75) is 13.8 Å². The van der Waals surface area contributed by atoms with E-state index in [0.29, 0.717) is 18.8 Å². The number of amides is 1. The molecule has 106 valence electrons. The van der Waals surface area contributed by atoms with Crippen LogP contribution in [0.3, 0.4) is 0 Å². The first kappa shape index (κ1) is 13.1. The van der Waals surface area contributed by atoms with Crippen LogP contribution in [-0.2, 0) is 0 Å². The van der Waals surface area contributed by atoms with E-state index in [1.54, 1.807) is 17.6 Å². The highest BCUT2D eigenvalue weighted by atomic mass is 32.1. The SMILES string of the molecule is Cc1nnc(N2CCN(C(=O)c3occc3C)CC2)s1. The van der Waals surface area contributed by atoms with Crippen molar-refractivity contribution in [1.29, 1.82) is 0 Å². The Hall–Kier alpha value is -1.89. The smallest absolute Gasteiger partial charge is 0.289 e. The zero-order chi connectivity index (χ0) is 14.1. The summed E-state index contributed by atoms with van der Waals surface area (Å²) in [6.07, 6.45) is 1.56. The van der Waals surface area contributed by atoms with Crippen molar-refractivity contribution < 1.29 is 9.21 Å². The van der Waals surface area contributed by atoms with Gasteiger partial charge in [0, 0.05) is 31.7 Å². The van der Waals surface area contributed by atoms with E-state index in [1.165, 1.54) is 0 Å². The Morgan fingerprint density at radius 2 is 2.00 bits per heavy atom. The van der Waals surface area contributed by atoms with Gasteiger partial charge in [-0.3, -0.25) is 4.79 Å². The Bertz CT molecular complexity index is 613. The van der Waals surface area contributed by atoms with Gasteiger partial charge in [-0.1, -0.05) is 11.3 Å². The zero-order valence-corrected chi connectivity index (χ0v) is 12.3. The molecule has 7 heteroatoms. The number of rotatable bonds is 2. The van der Waals surface area contributed by atoms with Crippen LogP contribution in [0.4, 0.5) is 5.13 Å². The second-order valence-electron chi connectivity index (χ2n) is 4.82. The Balaban J connectivity index is 1.64. The molecule has 1 amide bonds. The summed E-state index contributed by atoms with van der Waals surface area (Å²) in [5.74, 6) is 0.422. The normalized spacial score (nSPS) is 15.7. The number of anilines is 1. The predicted octanol–water partition coefficient (Wildman–Crippen LogP) is 1.71. The quantitative estimate of drug-likeness (QED) is 0.843. The molecule has 1 aliphatic heterocycles. The highest BCUT2D eigenvalue weighted by molar-refractivity contribution is 7.15. The van der Waals surface area contributed by atoms with Crippen LogP contribution in [0.15, 0.2) is 16.7 Å². The minimum Gasteiger partial charge on any atom is -0.459 e. The minimum atomic E-state index is -0.0272. The molecule has 0 N–H and O–H groups in total. The van der Waals surface area contributed by atoms with Gasteiger partial charge in [0.15, 0.2) is 5.76 Å². The molecule has 0 bridgehead atoms. The maximum absolute atomic E-state index is 12.3. The van der Waals surface area contributed by atoms with Gasteiger partial charge >= 0.3 is 0 Å². The molecule has 1 saturated heterocycles. The second-order valence-corrected chi connectivity index (χ2v) is 5.98. The first-order valence-electron chi connectivity index (χ1n) is 6.53. The molecule has 2 aromatic heterocycles. The van der Waals surface area contributed by atoms with Crippen LogP contribution in [0.5, 0.6) is 0 Å². The number of carbonyl (C=O) groups is 1.